The lowest BCUT2D eigenvalue weighted by Gasteiger charge is -2.45. The van der Waals surface area contributed by atoms with E-state index in [0.29, 0.717) is 44.5 Å². The van der Waals surface area contributed by atoms with Gasteiger partial charge in [-0.15, -0.1) is 11.8 Å². The van der Waals surface area contributed by atoms with Crippen molar-refractivity contribution in [2.45, 2.75) is 90.9 Å². The summed E-state index contributed by atoms with van der Waals surface area (Å²) >= 11 is 7.81. The molecule has 4 saturated heterocycles. The van der Waals surface area contributed by atoms with Crippen LogP contribution in [0.3, 0.4) is 0 Å². The first-order chi connectivity index (χ1) is 37.4. The van der Waals surface area contributed by atoms with Gasteiger partial charge in [-0.2, -0.15) is 13.2 Å². The Morgan fingerprint density at radius 3 is 2.23 bits per heavy atom. The zero-order valence-electron chi connectivity index (χ0n) is 44.6. The first kappa shape index (κ1) is 58.5. The van der Waals surface area contributed by atoms with Crippen LogP contribution in [0.4, 0.5) is 24.5 Å². The van der Waals surface area contributed by atoms with Crippen molar-refractivity contribution in [3.8, 4) is 0 Å². The molecule has 0 saturated carbocycles. The number of thioether (sulfide) groups is 1. The molecule has 9 rings (SSSR count). The molecule has 13 nitrogen and oxygen atoms in total. The summed E-state index contributed by atoms with van der Waals surface area (Å²) in [5, 5.41) is 7.28. The number of nitrogens with one attached hydrogen (secondary N) is 3. The highest BCUT2D eigenvalue weighted by atomic mass is 35.5. The number of alkyl halides is 3. The molecule has 0 bridgehead atoms. The maximum atomic E-state index is 14.3. The molecule has 4 aliphatic heterocycles. The molecule has 0 unspecified atom stereocenters. The fourth-order valence-electron chi connectivity index (χ4n) is 12.2. The van der Waals surface area contributed by atoms with Gasteiger partial charge in [0.25, 0.3) is 25.8 Å². The lowest BCUT2D eigenvalue weighted by atomic mass is 9.70. The van der Waals surface area contributed by atoms with Crippen LogP contribution in [-0.4, -0.2) is 153 Å². The summed E-state index contributed by atoms with van der Waals surface area (Å²) in [5.74, 6) is 1.07. The third-order valence-electron chi connectivity index (χ3n) is 16.6. The van der Waals surface area contributed by atoms with Gasteiger partial charge >= 0.3 is 5.51 Å². The molecule has 424 valence electrons. The quantitative estimate of drug-likeness (QED) is 0.0768. The van der Waals surface area contributed by atoms with E-state index < -0.39 is 52.8 Å². The second-order valence-corrected chi connectivity index (χ2v) is 27.3. The molecule has 4 heterocycles. The van der Waals surface area contributed by atoms with Gasteiger partial charge < -0.3 is 30.1 Å². The molecule has 4 fully saturated rings. The number of carbonyl (C=O) groups is 1. The SMILES string of the molecule is C[C@@]1(CN2CCC(C3CCNCC3)CC2)CCC(c2ccc(Cl)cc2)=C(CN2CCN(c3ccc(C(=O)NS(=O)(=O)c4ccc(N[C@H](CCN5CCCOCC5)CSc5ccccc5)c(S(=O)(=O)C(F)(F)F)c4)cc3)CC2)C1. The lowest BCUT2D eigenvalue weighted by molar-refractivity contribution is -0.0435. The number of amides is 1. The maximum absolute atomic E-state index is 14.3. The van der Waals surface area contributed by atoms with Crippen molar-refractivity contribution in [3.05, 3.63) is 119 Å². The Labute approximate surface area is 469 Å². The molecule has 2 atom stereocenters. The van der Waals surface area contributed by atoms with Gasteiger partial charge in [-0.25, -0.2) is 21.6 Å². The van der Waals surface area contributed by atoms with Crippen LogP contribution in [0.15, 0.2) is 117 Å². The summed E-state index contributed by atoms with van der Waals surface area (Å²) in [6.07, 6.45) is 9.70. The van der Waals surface area contributed by atoms with E-state index in [-0.39, 0.29) is 11.0 Å². The van der Waals surface area contributed by atoms with Crippen molar-refractivity contribution in [3.63, 3.8) is 0 Å². The predicted octanol–water partition coefficient (Wildman–Crippen LogP) is 9.91. The smallest absolute Gasteiger partial charge is 0.380 e. The Morgan fingerprint density at radius 2 is 1.53 bits per heavy atom. The second-order valence-electron chi connectivity index (χ2n) is 22.2. The summed E-state index contributed by atoms with van der Waals surface area (Å²) < 4.78 is 104. The van der Waals surface area contributed by atoms with Crippen LogP contribution in [0.2, 0.25) is 5.02 Å². The van der Waals surface area contributed by atoms with Gasteiger partial charge in [0.05, 0.1) is 17.2 Å². The predicted molar refractivity (Wildman–Crippen MR) is 306 cm³/mol. The minimum absolute atomic E-state index is 0.00488. The summed E-state index contributed by atoms with van der Waals surface area (Å²) in [7, 11) is -10.9. The normalized spacial score (nSPS) is 21.8. The van der Waals surface area contributed by atoms with E-state index in [1.54, 1.807) is 12.1 Å². The highest BCUT2D eigenvalue weighted by molar-refractivity contribution is 7.99. The molecule has 1 amide bonds. The van der Waals surface area contributed by atoms with E-state index in [1.807, 2.05) is 47.2 Å². The maximum Gasteiger partial charge on any atom is 0.501 e. The minimum atomic E-state index is -6.07. The van der Waals surface area contributed by atoms with Crippen molar-refractivity contribution in [1.29, 1.82) is 0 Å². The van der Waals surface area contributed by atoms with Gasteiger partial charge in [0.15, 0.2) is 0 Å². The zero-order chi connectivity index (χ0) is 54.9. The van der Waals surface area contributed by atoms with Crippen LogP contribution in [0.25, 0.3) is 5.57 Å². The lowest BCUT2D eigenvalue weighted by Crippen LogP contribution is -2.48. The van der Waals surface area contributed by atoms with Crippen molar-refractivity contribution in [2.75, 3.05) is 114 Å². The number of halogens is 4. The summed E-state index contributed by atoms with van der Waals surface area (Å²) in [5.41, 5.74) is -0.943. The van der Waals surface area contributed by atoms with E-state index in [2.05, 4.69) is 49.3 Å². The van der Waals surface area contributed by atoms with E-state index >= 15 is 0 Å². The number of anilines is 2. The highest BCUT2D eigenvalue weighted by Crippen LogP contribution is 2.45. The number of rotatable bonds is 19. The van der Waals surface area contributed by atoms with Gasteiger partial charge in [-0.05, 0) is 179 Å². The first-order valence-electron chi connectivity index (χ1n) is 27.7. The van der Waals surface area contributed by atoms with Crippen LogP contribution in [-0.2, 0) is 24.6 Å². The van der Waals surface area contributed by atoms with Gasteiger partial charge in [0.2, 0.25) is 0 Å². The summed E-state index contributed by atoms with van der Waals surface area (Å²) in [6.45, 7) is 15.5. The Bertz CT molecular complexity index is 2890. The molecular formula is C58H75ClF3N7O6S3. The topological polar surface area (TPSA) is 144 Å². The molecule has 3 N–H and O–H groups in total. The van der Waals surface area contributed by atoms with Crippen molar-refractivity contribution in [2.24, 2.45) is 17.3 Å². The molecular weight excluding hydrogens is 1080 g/mol. The summed E-state index contributed by atoms with van der Waals surface area (Å²) in [6, 6.07) is 26.2. The van der Waals surface area contributed by atoms with Crippen molar-refractivity contribution >= 4 is 66.1 Å². The molecule has 4 aromatic rings. The standard InChI is InChI=1S/C58H75ClF3N7O6S3/c1-57(42-68-28-21-44(22-29-68)43-19-25-63-26-20-43)24-18-53(45-8-12-48(59)13-9-45)47(39-57)40-67-31-33-69(34-32-67)50-14-10-46(11-15-50)56(70)65-78(73,74)52-16-17-54(55(38-52)77(71,72)58(60,61)62)64-49(41-76-51-6-3-2-4-7-51)23-30-66-27-5-36-75-37-35-66/h2-4,6-17,38,43-44,49,63-64H,5,18-37,39-42H2,1H3,(H,65,70)/t49-,57-/m1/s1. The molecule has 20 heteroatoms. The molecule has 5 aliphatic rings. The number of hydrogen-bond acceptors (Lipinski definition) is 13. The molecule has 0 aromatic heterocycles. The van der Waals surface area contributed by atoms with E-state index in [9.17, 15) is 34.8 Å². The first-order valence-corrected chi connectivity index (χ1v) is 32.0. The van der Waals surface area contributed by atoms with Crippen molar-refractivity contribution < 1.29 is 39.5 Å². The number of nitrogens with zero attached hydrogens (tertiary/aromatic N) is 4. The Balaban J connectivity index is 0.830. The Morgan fingerprint density at radius 1 is 0.821 bits per heavy atom. The fraction of sp³-hybridized carbons (Fsp3) is 0.534. The average molecular weight is 1150 g/mol. The van der Waals surface area contributed by atoms with E-state index in [4.69, 9.17) is 16.3 Å². The van der Waals surface area contributed by atoms with Crippen LogP contribution < -0.4 is 20.3 Å². The van der Waals surface area contributed by atoms with Gasteiger partial charge in [-0.1, -0.05) is 54.4 Å². The van der Waals surface area contributed by atoms with E-state index in [1.165, 1.54) is 79.4 Å². The number of benzene rings is 4. The highest BCUT2D eigenvalue weighted by Gasteiger charge is 2.49. The molecule has 78 heavy (non-hydrogen) atoms. The van der Waals surface area contributed by atoms with Crippen molar-refractivity contribution in [1.82, 2.24) is 24.7 Å². The number of carbonyl (C=O) groups excluding carboxylic acids is 1. The Hall–Kier alpha value is -4.18. The number of likely N-dealkylation sites (tertiary alicyclic amines) is 1. The largest absolute Gasteiger partial charge is 0.501 e. The zero-order valence-corrected chi connectivity index (χ0v) is 47.8. The van der Waals surface area contributed by atoms with Crippen LogP contribution in [0.1, 0.15) is 80.6 Å². The Kier molecular flexibility index (Phi) is 19.6. The van der Waals surface area contributed by atoms with Gasteiger partial charge in [0.1, 0.15) is 4.90 Å². The monoisotopic (exact) mass is 1150 g/mol. The molecule has 4 aromatic carbocycles. The number of piperidine rings is 2. The van der Waals surface area contributed by atoms with Gasteiger partial charge in [-0.3, -0.25) is 9.69 Å². The minimum Gasteiger partial charge on any atom is -0.380 e. The molecule has 0 radical (unpaired) electrons. The van der Waals surface area contributed by atoms with Crippen LogP contribution in [0, 0.1) is 17.3 Å². The summed E-state index contributed by atoms with van der Waals surface area (Å²) in [4.78, 5) is 22.1. The number of hydrogen-bond donors (Lipinski definition) is 3. The second kappa shape index (κ2) is 26.2. The fourth-order valence-corrected chi connectivity index (χ4v) is 15.3. The third-order valence-corrected chi connectivity index (χ3v) is 20.8. The number of allylic oxidation sites excluding steroid dienone is 1. The van der Waals surface area contributed by atoms with Crippen LogP contribution in [0.5, 0.6) is 0 Å². The van der Waals surface area contributed by atoms with E-state index in [0.717, 1.165) is 124 Å². The van der Waals surface area contributed by atoms with Gasteiger partial charge in [0, 0.05) is 98.5 Å². The molecule has 0 spiro atoms. The number of ether oxygens (including phenoxy) is 1. The number of sulfone groups is 1. The average Bonchev–Trinajstić information content (AvgIpc) is 3.84. The number of piperazine rings is 1. The molecule has 1 aliphatic carbocycles. The third kappa shape index (κ3) is 15.2. The number of sulfonamides is 1. The van der Waals surface area contributed by atoms with Crippen LogP contribution >= 0.6 is 23.4 Å².